The molecule has 0 fully saturated rings. The minimum atomic E-state index is -1.17. The van der Waals surface area contributed by atoms with Gasteiger partial charge in [-0.25, -0.2) is 8.78 Å². The average Bonchev–Trinajstić information content (AvgIpc) is 3.10. The second kappa shape index (κ2) is 8.52. The molecule has 27 heavy (non-hydrogen) atoms. The van der Waals surface area contributed by atoms with Gasteiger partial charge in [-0.05, 0) is 61.6 Å². The van der Waals surface area contributed by atoms with Crippen LogP contribution in [-0.4, -0.2) is 23.7 Å². The van der Waals surface area contributed by atoms with E-state index >= 15 is 0 Å². The molecule has 0 heterocycles. The van der Waals surface area contributed by atoms with Crippen molar-refractivity contribution in [3.05, 3.63) is 59.2 Å². The number of hydrogen-bond donors (Lipinski definition) is 1. The lowest BCUT2D eigenvalue weighted by molar-refractivity contribution is -0.150. The number of thioether (sulfide) groups is 1. The third kappa shape index (κ3) is 4.86. The van der Waals surface area contributed by atoms with Gasteiger partial charge in [0.25, 0.3) is 5.91 Å². The van der Waals surface area contributed by atoms with E-state index in [0.29, 0.717) is 0 Å². The smallest absolute Gasteiger partial charge is 0.317 e. The van der Waals surface area contributed by atoms with Gasteiger partial charge < -0.3 is 10.1 Å². The molecule has 0 aliphatic heterocycles. The summed E-state index contributed by atoms with van der Waals surface area (Å²) in [6, 6.07) is 9.39. The monoisotopic (exact) mass is 391 g/mol. The van der Waals surface area contributed by atoms with Crippen molar-refractivity contribution in [1.82, 2.24) is 0 Å². The fourth-order valence-electron chi connectivity index (χ4n) is 2.91. The number of ether oxygens (including phenoxy) is 1. The molecule has 142 valence electrons. The normalized spacial score (nSPS) is 13.7. The third-order valence-corrected chi connectivity index (χ3v) is 5.28. The summed E-state index contributed by atoms with van der Waals surface area (Å²) in [7, 11) is 0. The highest BCUT2D eigenvalue weighted by atomic mass is 32.2. The number of halogens is 2. The fourth-order valence-corrected chi connectivity index (χ4v) is 3.65. The lowest BCUT2D eigenvalue weighted by Crippen LogP contribution is -2.31. The highest BCUT2D eigenvalue weighted by Crippen LogP contribution is 2.27. The number of nitrogens with one attached hydrogen (secondary N) is 1. The number of carbonyl (C=O) groups is 2. The Labute approximate surface area is 160 Å². The average molecular weight is 391 g/mol. The van der Waals surface area contributed by atoms with Crippen molar-refractivity contribution in [3.8, 4) is 0 Å². The van der Waals surface area contributed by atoms with Gasteiger partial charge in [-0.15, -0.1) is 11.8 Å². The summed E-state index contributed by atoms with van der Waals surface area (Å²) >= 11 is 1.33. The second-order valence-corrected chi connectivity index (χ2v) is 7.34. The van der Waals surface area contributed by atoms with Gasteiger partial charge in [0.15, 0.2) is 6.10 Å². The molecule has 1 aliphatic rings. The van der Waals surface area contributed by atoms with Gasteiger partial charge in [0.2, 0.25) is 0 Å². The van der Waals surface area contributed by atoms with Gasteiger partial charge in [-0.1, -0.05) is 12.1 Å². The van der Waals surface area contributed by atoms with E-state index in [1.807, 2.05) is 6.07 Å². The zero-order chi connectivity index (χ0) is 19.4. The molecule has 0 spiro atoms. The molecule has 0 saturated carbocycles. The van der Waals surface area contributed by atoms with Crippen molar-refractivity contribution in [1.29, 1.82) is 0 Å². The first kappa shape index (κ1) is 19.4. The number of fused-ring (bicyclic) bond motifs is 1. The van der Waals surface area contributed by atoms with Crippen LogP contribution in [0.3, 0.4) is 0 Å². The van der Waals surface area contributed by atoms with Gasteiger partial charge in [0.1, 0.15) is 17.3 Å². The number of para-hydroxylation sites is 1. The van der Waals surface area contributed by atoms with Crippen LogP contribution in [0.1, 0.15) is 24.5 Å². The van der Waals surface area contributed by atoms with Crippen molar-refractivity contribution >= 4 is 29.3 Å². The van der Waals surface area contributed by atoms with Crippen molar-refractivity contribution in [2.45, 2.75) is 37.2 Å². The molecule has 2 aromatic rings. The molecule has 4 nitrogen and oxygen atoms in total. The number of aryl methyl sites for hydroxylation is 2. The summed E-state index contributed by atoms with van der Waals surface area (Å²) in [6.07, 6.45) is 2.13. The highest BCUT2D eigenvalue weighted by Gasteiger charge is 2.21. The lowest BCUT2D eigenvalue weighted by atomic mass is 10.1. The van der Waals surface area contributed by atoms with Crippen LogP contribution in [-0.2, 0) is 27.2 Å². The molecular formula is C20H19F2NO3S. The quantitative estimate of drug-likeness (QED) is 0.595. The first-order chi connectivity index (χ1) is 12.9. The predicted octanol–water partition coefficient (Wildman–Crippen LogP) is 4.12. The first-order valence-corrected chi connectivity index (χ1v) is 9.61. The van der Waals surface area contributed by atoms with E-state index < -0.39 is 35.3 Å². The molecule has 0 saturated heterocycles. The highest BCUT2D eigenvalue weighted by molar-refractivity contribution is 8.00. The van der Waals surface area contributed by atoms with Crippen LogP contribution in [0.25, 0.3) is 0 Å². The third-order valence-electron chi connectivity index (χ3n) is 4.32. The van der Waals surface area contributed by atoms with E-state index in [0.717, 1.165) is 36.3 Å². The maximum atomic E-state index is 13.6. The standard InChI is InChI=1S/C20H19F2NO3S/c1-12(20(25)23-19-16(21)6-3-7-17(19)22)26-18(24)11-27-15-9-8-13-4-2-5-14(13)10-15/h3,6-10,12H,2,4-5,11H2,1H3,(H,23,25)/t12-/m1/s1. The molecule has 3 rings (SSSR count). The minimum absolute atomic E-state index is 0.0461. The van der Waals surface area contributed by atoms with E-state index in [1.54, 1.807) is 0 Å². The topological polar surface area (TPSA) is 55.4 Å². The largest absolute Gasteiger partial charge is 0.452 e. The summed E-state index contributed by atoms with van der Waals surface area (Å²) in [5, 5.41) is 2.11. The van der Waals surface area contributed by atoms with Crippen LogP contribution in [0.4, 0.5) is 14.5 Å². The van der Waals surface area contributed by atoms with Gasteiger partial charge in [-0.3, -0.25) is 9.59 Å². The molecule has 0 radical (unpaired) electrons. The number of esters is 1. The Morgan fingerprint density at radius 3 is 2.59 bits per heavy atom. The van der Waals surface area contributed by atoms with Crippen LogP contribution in [0.5, 0.6) is 0 Å². The molecule has 1 atom stereocenters. The van der Waals surface area contributed by atoms with E-state index in [1.165, 1.54) is 35.9 Å². The summed E-state index contributed by atoms with van der Waals surface area (Å²) in [5.74, 6) is -3.11. The Morgan fingerprint density at radius 1 is 1.15 bits per heavy atom. The number of hydrogen-bond acceptors (Lipinski definition) is 4. The molecule has 0 bridgehead atoms. The summed E-state index contributed by atoms with van der Waals surface area (Å²) in [5.41, 5.74) is 2.11. The van der Waals surface area contributed by atoms with E-state index in [2.05, 4.69) is 17.4 Å². The molecule has 0 aromatic heterocycles. The SMILES string of the molecule is C[C@@H](OC(=O)CSc1ccc2c(c1)CCC2)C(=O)Nc1c(F)cccc1F. The fraction of sp³-hybridized carbons (Fsp3) is 0.300. The van der Waals surface area contributed by atoms with Gasteiger partial charge in [-0.2, -0.15) is 0 Å². The van der Waals surface area contributed by atoms with Crippen LogP contribution in [0.15, 0.2) is 41.3 Å². The minimum Gasteiger partial charge on any atom is -0.452 e. The number of benzene rings is 2. The van der Waals surface area contributed by atoms with Crippen LogP contribution >= 0.6 is 11.8 Å². The van der Waals surface area contributed by atoms with Gasteiger partial charge in [0.05, 0.1) is 5.75 Å². The second-order valence-electron chi connectivity index (χ2n) is 6.29. The van der Waals surface area contributed by atoms with E-state index in [4.69, 9.17) is 4.74 Å². The molecule has 1 aliphatic carbocycles. The molecule has 2 aromatic carbocycles. The lowest BCUT2D eigenvalue weighted by Gasteiger charge is -2.14. The summed E-state index contributed by atoms with van der Waals surface area (Å²) in [4.78, 5) is 25.0. The van der Waals surface area contributed by atoms with Crippen molar-refractivity contribution in [2.75, 3.05) is 11.1 Å². The first-order valence-electron chi connectivity index (χ1n) is 8.63. The predicted molar refractivity (Wildman–Crippen MR) is 99.7 cm³/mol. The van der Waals surface area contributed by atoms with Gasteiger partial charge in [0, 0.05) is 4.90 Å². The zero-order valence-corrected chi connectivity index (χ0v) is 15.6. The molecule has 7 heteroatoms. The maximum absolute atomic E-state index is 13.6. The summed E-state index contributed by atoms with van der Waals surface area (Å²) < 4.78 is 32.2. The zero-order valence-electron chi connectivity index (χ0n) is 14.8. The molecule has 1 N–H and O–H groups in total. The Bertz CT molecular complexity index is 852. The number of amides is 1. The van der Waals surface area contributed by atoms with E-state index in [9.17, 15) is 18.4 Å². The number of rotatable bonds is 6. The molecular weight excluding hydrogens is 372 g/mol. The maximum Gasteiger partial charge on any atom is 0.317 e. The van der Waals surface area contributed by atoms with Crippen molar-refractivity contribution in [3.63, 3.8) is 0 Å². The van der Waals surface area contributed by atoms with Gasteiger partial charge >= 0.3 is 5.97 Å². The van der Waals surface area contributed by atoms with Crippen LogP contribution in [0, 0.1) is 11.6 Å². The van der Waals surface area contributed by atoms with E-state index in [-0.39, 0.29) is 5.75 Å². The van der Waals surface area contributed by atoms with Crippen molar-refractivity contribution in [2.24, 2.45) is 0 Å². The summed E-state index contributed by atoms with van der Waals surface area (Å²) in [6.45, 7) is 1.35. The Balaban J connectivity index is 1.50. The number of anilines is 1. The Morgan fingerprint density at radius 2 is 1.85 bits per heavy atom. The Hall–Kier alpha value is -2.41. The molecule has 0 unspecified atom stereocenters. The van der Waals surface area contributed by atoms with Crippen LogP contribution in [0.2, 0.25) is 0 Å². The van der Waals surface area contributed by atoms with Crippen molar-refractivity contribution < 1.29 is 23.1 Å². The van der Waals surface area contributed by atoms with Crippen LogP contribution < -0.4 is 5.32 Å². The number of carbonyl (C=O) groups excluding carboxylic acids is 2. The molecule has 1 amide bonds. The Kier molecular flexibility index (Phi) is 6.11.